The van der Waals surface area contributed by atoms with E-state index in [-0.39, 0.29) is 33.6 Å². The highest BCUT2D eigenvalue weighted by molar-refractivity contribution is 8.13. The Bertz CT molecular complexity index is 1280. The second-order valence-electron chi connectivity index (χ2n) is 8.39. The first-order chi connectivity index (χ1) is 18.1. The first-order valence-electron chi connectivity index (χ1n) is 11.7. The van der Waals surface area contributed by atoms with Gasteiger partial charge in [0, 0.05) is 17.4 Å². The second kappa shape index (κ2) is 12.8. The molecule has 1 atom stereocenters. The maximum absolute atomic E-state index is 13.5. The highest BCUT2D eigenvalue weighted by Gasteiger charge is 2.43. The van der Waals surface area contributed by atoms with Crippen molar-refractivity contribution in [1.82, 2.24) is 4.90 Å². The standard InChI is InChI=1S/C26H28ClN3O7S/c1-6-36-24(31)21-16(4)28-25(38-14-17-10-12-18(35-5)13-11-17)29(26(32)37-15(2)3)23(21)19-8-7-9-20(22(19)27)30(33)34/h7-13,15,23H,6,14H2,1-5H3. The predicted molar refractivity (Wildman–Crippen MR) is 145 cm³/mol. The van der Waals surface area contributed by atoms with Gasteiger partial charge < -0.3 is 14.2 Å². The van der Waals surface area contributed by atoms with Crippen molar-refractivity contribution in [2.45, 2.75) is 45.6 Å². The Morgan fingerprint density at radius 2 is 1.89 bits per heavy atom. The Morgan fingerprint density at radius 1 is 1.21 bits per heavy atom. The van der Waals surface area contributed by atoms with Crippen LogP contribution in [0.15, 0.2) is 58.7 Å². The molecule has 10 nitrogen and oxygen atoms in total. The Morgan fingerprint density at radius 3 is 2.47 bits per heavy atom. The van der Waals surface area contributed by atoms with Crippen LogP contribution in [-0.2, 0) is 20.0 Å². The Kier molecular flexibility index (Phi) is 9.76. The zero-order valence-electron chi connectivity index (χ0n) is 21.6. The molecule has 202 valence electrons. The smallest absolute Gasteiger partial charge is 0.417 e. The first kappa shape index (κ1) is 29.0. The van der Waals surface area contributed by atoms with Gasteiger partial charge in [-0.1, -0.05) is 47.6 Å². The Hall–Kier alpha value is -3.57. The van der Waals surface area contributed by atoms with Crippen LogP contribution < -0.4 is 4.74 Å². The van der Waals surface area contributed by atoms with Crippen molar-refractivity contribution in [3.8, 4) is 5.75 Å². The van der Waals surface area contributed by atoms with Crippen molar-refractivity contribution in [2.24, 2.45) is 4.99 Å². The highest BCUT2D eigenvalue weighted by Crippen LogP contribution is 2.43. The number of esters is 1. The number of methoxy groups -OCH3 is 1. The lowest BCUT2D eigenvalue weighted by atomic mass is 9.94. The number of halogens is 1. The molecule has 2 aromatic rings. The van der Waals surface area contributed by atoms with Crippen LogP contribution in [0.3, 0.4) is 0 Å². The molecule has 1 aliphatic rings. The van der Waals surface area contributed by atoms with Crippen molar-refractivity contribution in [3.63, 3.8) is 0 Å². The molecule has 1 heterocycles. The third-order valence-corrected chi connectivity index (χ3v) is 6.88. The zero-order chi connectivity index (χ0) is 28.0. The van der Waals surface area contributed by atoms with Crippen LogP contribution in [0.5, 0.6) is 5.75 Å². The number of amides is 1. The van der Waals surface area contributed by atoms with Gasteiger partial charge in [-0.25, -0.2) is 19.5 Å². The molecule has 12 heteroatoms. The van der Waals surface area contributed by atoms with Gasteiger partial charge >= 0.3 is 12.1 Å². The van der Waals surface area contributed by atoms with Crippen molar-refractivity contribution in [2.75, 3.05) is 13.7 Å². The molecule has 1 unspecified atom stereocenters. The van der Waals surface area contributed by atoms with Gasteiger partial charge in [-0.3, -0.25) is 10.1 Å². The number of benzene rings is 2. The average molecular weight is 562 g/mol. The van der Waals surface area contributed by atoms with E-state index in [0.717, 1.165) is 5.56 Å². The van der Waals surface area contributed by atoms with Crippen molar-refractivity contribution in [1.29, 1.82) is 0 Å². The van der Waals surface area contributed by atoms with E-state index in [2.05, 4.69) is 4.99 Å². The topological polar surface area (TPSA) is 121 Å². The molecule has 0 N–H and O–H groups in total. The first-order valence-corrected chi connectivity index (χ1v) is 13.1. The van der Waals surface area contributed by atoms with E-state index in [1.165, 1.54) is 34.9 Å². The van der Waals surface area contributed by atoms with Crippen LogP contribution in [0.4, 0.5) is 10.5 Å². The predicted octanol–water partition coefficient (Wildman–Crippen LogP) is 6.29. The minimum atomic E-state index is -1.18. The SMILES string of the molecule is CCOC(=O)C1=C(C)N=C(SCc2ccc(OC)cc2)N(C(=O)OC(C)C)C1c1cccc([N+](=O)[O-])c1Cl. The molecular weight excluding hydrogens is 534 g/mol. The highest BCUT2D eigenvalue weighted by atomic mass is 35.5. The van der Waals surface area contributed by atoms with Crippen LogP contribution >= 0.6 is 23.4 Å². The van der Waals surface area contributed by atoms with Crippen molar-refractivity contribution < 1.29 is 28.7 Å². The number of nitro groups is 1. The molecule has 38 heavy (non-hydrogen) atoms. The van der Waals surface area contributed by atoms with Crippen LogP contribution in [-0.4, -0.2) is 46.9 Å². The lowest BCUT2D eigenvalue weighted by molar-refractivity contribution is -0.384. The number of nitro benzene ring substituents is 1. The summed E-state index contributed by atoms with van der Waals surface area (Å²) in [6.07, 6.45) is -1.28. The number of ether oxygens (including phenoxy) is 3. The summed E-state index contributed by atoms with van der Waals surface area (Å²) in [5.74, 6) is 0.406. The monoisotopic (exact) mass is 561 g/mol. The van der Waals surface area contributed by atoms with Gasteiger partial charge in [-0.05, 0) is 45.4 Å². The third-order valence-electron chi connectivity index (χ3n) is 5.45. The maximum atomic E-state index is 13.5. The maximum Gasteiger partial charge on any atom is 0.417 e. The van der Waals surface area contributed by atoms with Gasteiger partial charge in [0.15, 0.2) is 5.17 Å². The second-order valence-corrected chi connectivity index (χ2v) is 9.71. The molecule has 0 radical (unpaired) electrons. The summed E-state index contributed by atoms with van der Waals surface area (Å²) in [5.41, 5.74) is 1.06. The number of thioether (sulfide) groups is 1. The molecule has 0 saturated carbocycles. The van der Waals surface area contributed by atoms with Gasteiger partial charge in [0.1, 0.15) is 16.8 Å². The number of aliphatic imine (C=N–C) groups is 1. The molecule has 0 fully saturated rings. The lowest BCUT2D eigenvalue weighted by Gasteiger charge is -2.36. The summed E-state index contributed by atoms with van der Waals surface area (Å²) in [7, 11) is 1.58. The normalized spacial score (nSPS) is 15.3. The number of amidine groups is 1. The van der Waals surface area contributed by atoms with Gasteiger partial charge in [-0.2, -0.15) is 0 Å². The summed E-state index contributed by atoms with van der Waals surface area (Å²) in [4.78, 5) is 43.4. The zero-order valence-corrected chi connectivity index (χ0v) is 23.2. The number of hydrogen-bond acceptors (Lipinski definition) is 9. The third kappa shape index (κ3) is 6.46. The number of hydrogen-bond donors (Lipinski definition) is 0. The molecule has 0 saturated heterocycles. The van der Waals surface area contributed by atoms with Crippen molar-refractivity contribution >= 4 is 46.3 Å². The summed E-state index contributed by atoms with van der Waals surface area (Å²) < 4.78 is 16.0. The Labute approximate surface area is 229 Å². The van der Waals surface area contributed by atoms with E-state index in [1.807, 2.05) is 24.3 Å². The van der Waals surface area contributed by atoms with E-state index in [9.17, 15) is 19.7 Å². The van der Waals surface area contributed by atoms with E-state index < -0.39 is 29.1 Å². The van der Waals surface area contributed by atoms with Gasteiger partial charge in [0.05, 0.1) is 36.0 Å². The fraction of sp³-hybridized carbons (Fsp3) is 0.346. The summed E-state index contributed by atoms with van der Waals surface area (Å²) in [6.45, 7) is 6.71. The molecular formula is C26H28ClN3O7S. The largest absolute Gasteiger partial charge is 0.497 e. The quantitative estimate of drug-likeness (QED) is 0.209. The number of nitrogens with zero attached hydrogens (tertiary/aromatic N) is 3. The van der Waals surface area contributed by atoms with Crippen LogP contribution in [0.2, 0.25) is 5.02 Å². The molecule has 0 aromatic heterocycles. The summed E-state index contributed by atoms with van der Waals surface area (Å²) >= 11 is 7.75. The number of allylic oxidation sites excluding steroid dienone is 1. The Balaban J connectivity index is 2.17. The number of carbonyl (C=O) groups is 2. The van der Waals surface area contributed by atoms with E-state index >= 15 is 0 Å². The number of rotatable bonds is 8. The van der Waals surface area contributed by atoms with Gasteiger partial charge in [0.2, 0.25) is 0 Å². The van der Waals surface area contributed by atoms with Crippen molar-refractivity contribution in [3.05, 3.63) is 80.0 Å². The molecule has 2 aromatic carbocycles. The van der Waals surface area contributed by atoms with Gasteiger partial charge in [-0.15, -0.1) is 0 Å². The van der Waals surface area contributed by atoms with Crippen LogP contribution in [0, 0.1) is 10.1 Å². The minimum absolute atomic E-state index is 0.0313. The van der Waals surface area contributed by atoms with E-state index in [4.69, 9.17) is 25.8 Å². The van der Waals surface area contributed by atoms with Crippen LogP contribution in [0.25, 0.3) is 0 Å². The summed E-state index contributed by atoms with van der Waals surface area (Å²) in [6, 6.07) is 10.4. The molecule has 1 amide bonds. The van der Waals surface area contributed by atoms with E-state index in [1.54, 1.807) is 34.8 Å². The summed E-state index contributed by atoms with van der Waals surface area (Å²) in [5, 5.41) is 11.7. The molecule has 1 aliphatic heterocycles. The minimum Gasteiger partial charge on any atom is -0.497 e. The average Bonchev–Trinajstić information content (AvgIpc) is 2.86. The lowest BCUT2D eigenvalue weighted by Crippen LogP contribution is -2.44. The molecule has 3 rings (SSSR count). The van der Waals surface area contributed by atoms with Gasteiger partial charge in [0.25, 0.3) is 5.69 Å². The number of carbonyl (C=O) groups excluding carboxylic acids is 2. The molecule has 0 aliphatic carbocycles. The fourth-order valence-corrected chi connectivity index (χ4v) is 5.07. The van der Waals surface area contributed by atoms with E-state index in [0.29, 0.717) is 17.2 Å². The van der Waals surface area contributed by atoms with Crippen LogP contribution in [0.1, 0.15) is 44.9 Å². The fourth-order valence-electron chi connectivity index (χ4n) is 3.76. The molecule has 0 bridgehead atoms. The molecule has 0 spiro atoms.